The highest BCUT2D eigenvalue weighted by molar-refractivity contribution is 5.73. The van der Waals surface area contributed by atoms with Crippen molar-refractivity contribution in [2.45, 2.75) is 32.0 Å². The van der Waals surface area contributed by atoms with E-state index < -0.39 is 12.1 Å². The molecular weight excluding hydrogens is 236 g/mol. The van der Waals surface area contributed by atoms with Crippen molar-refractivity contribution in [1.29, 1.82) is 0 Å². The molecule has 2 heterocycles. The first-order valence-electron chi connectivity index (χ1n) is 6.42. The lowest BCUT2D eigenvalue weighted by atomic mass is 10.2. The molecular formula is C12H20N2O4. The van der Waals surface area contributed by atoms with Gasteiger partial charge in [-0.15, -0.1) is 0 Å². The fourth-order valence-corrected chi connectivity index (χ4v) is 2.55. The first-order chi connectivity index (χ1) is 8.56. The van der Waals surface area contributed by atoms with Gasteiger partial charge < -0.3 is 14.7 Å². The molecule has 6 heteroatoms. The lowest BCUT2D eigenvalue weighted by Crippen LogP contribution is -2.49. The summed E-state index contributed by atoms with van der Waals surface area (Å²) in [5.41, 5.74) is 0. The van der Waals surface area contributed by atoms with Crippen LogP contribution < -0.4 is 0 Å². The summed E-state index contributed by atoms with van der Waals surface area (Å²) in [5.74, 6) is -0.739. The Morgan fingerprint density at radius 2 is 1.89 bits per heavy atom. The third kappa shape index (κ3) is 3.20. The molecule has 0 aromatic carbocycles. The molecule has 6 nitrogen and oxygen atoms in total. The van der Waals surface area contributed by atoms with Crippen molar-refractivity contribution in [2.75, 3.05) is 32.7 Å². The standard InChI is InChI=1S/C12H20N2O4/c1-9(15)14-6-4-13(5-7-14)8-10-2-3-11(18-10)12(16)17/h10-11H,2-8H2,1H3,(H,16,17). The predicted octanol–water partition coefficient (Wildman–Crippen LogP) is -0.217. The number of ether oxygens (including phenoxy) is 1. The number of carbonyl (C=O) groups is 2. The van der Waals surface area contributed by atoms with Gasteiger partial charge in [-0.2, -0.15) is 0 Å². The largest absolute Gasteiger partial charge is 0.479 e. The molecule has 0 bridgehead atoms. The Bertz CT molecular complexity index is 326. The maximum atomic E-state index is 11.2. The van der Waals surface area contributed by atoms with Crippen LogP contribution in [-0.4, -0.2) is 71.7 Å². The second kappa shape index (κ2) is 5.67. The Kier molecular flexibility index (Phi) is 4.19. The predicted molar refractivity (Wildman–Crippen MR) is 64.2 cm³/mol. The first-order valence-corrected chi connectivity index (χ1v) is 6.42. The second-order valence-corrected chi connectivity index (χ2v) is 4.97. The number of carbonyl (C=O) groups excluding carboxylic acids is 1. The molecule has 2 aliphatic heterocycles. The molecule has 0 aromatic rings. The quantitative estimate of drug-likeness (QED) is 0.756. The Labute approximate surface area is 106 Å². The van der Waals surface area contributed by atoms with Crippen LogP contribution in [0.5, 0.6) is 0 Å². The van der Waals surface area contributed by atoms with Gasteiger partial charge in [-0.3, -0.25) is 9.69 Å². The molecule has 2 aliphatic rings. The zero-order valence-corrected chi connectivity index (χ0v) is 10.7. The molecule has 18 heavy (non-hydrogen) atoms. The lowest BCUT2D eigenvalue weighted by molar-refractivity contribution is -0.150. The van der Waals surface area contributed by atoms with E-state index in [-0.39, 0.29) is 12.0 Å². The zero-order valence-electron chi connectivity index (χ0n) is 10.7. The second-order valence-electron chi connectivity index (χ2n) is 4.97. The number of piperazine rings is 1. The minimum Gasteiger partial charge on any atom is -0.479 e. The van der Waals surface area contributed by atoms with E-state index in [2.05, 4.69) is 4.90 Å². The van der Waals surface area contributed by atoms with Crippen LogP contribution in [0.4, 0.5) is 0 Å². The number of carboxylic acid groups (broad SMARTS) is 1. The van der Waals surface area contributed by atoms with Crippen molar-refractivity contribution in [1.82, 2.24) is 9.80 Å². The van der Waals surface area contributed by atoms with Gasteiger partial charge in [0.1, 0.15) is 0 Å². The van der Waals surface area contributed by atoms with Gasteiger partial charge >= 0.3 is 5.97 Å². The van der Waals surface area contributed by atoms with E-state index in [4.69, 9.17) is 9.84 Å². The molecule has 0 saturated carbocycles. The van der Waals surface area contributed by atoms with Crippen LogP contribution in [0, 0.1) is 0 Å². The Hall–Kier alpha value is -1.14. The monoisotopic (exact) mass is 256 g/mol. The Morgan fingerprint density at radius 1 is 1.22 bits per heavy atom. The molecule has 0 spiro atoms. The molecule has 0 radical (unpaired) electrons. The number of carboxylic acids is 1. The molecule has 2 fully saturated rings. The molecule has 2 rings (SSSR count). The van der Waals surface area contributed by atoms with Gasteiger partial charge in [-0.25, -0.2) is 4.79 Å². The average Bonchev–Trinajstić information content (AvgIpc) is 2.78. The maximum Gasteiger partial charge on any atom is 0.332 e. The van der Waals surface area contributed by atoms with E-state index in [1.807, 2.05) is 4.90 Å². The van der Waals surface area contributed by atoms with Gasteiger partial charge in [0.05, 0.1) is 6.10 Å². The summed E-state index contributed by atoms with van der Waals surface area (Å²) in [6.07, 6.45) is 0.806. The molecule has 2 unspecified atom stereocenters. The highest BCUT2D eigenvalue weighted by atomic mass is 16.5. The normalized spacial score (nSPS) is 29.5. The van der Waals surface area contributed by atoms with Crippen LogP contribution in [0.25, 0.3) is 0 Å². The fraction of sp³-hybridized carbons (Fsp3) is 0.833. The summed E-state index contributed by atoms with van der Waals surface area (Å²) < 4.78 is 5.48. The van der Waals surface area contributed by atoms with Crippen LogP contribution in [0.1, 0.15) is 19.8 Å². The van der Waals surface area contributed by atoms with Crippen molar-refractivity contribution in [2.24, 2.45) is 0 Å². The fourth-order valence-electron chi connectivity index (χ4n) is 2.55. The average molecular weight is 256 g/mol. The van der Waals surface area contributed by atoms with Crippen LogP contribution in [0.15, 0.2) is 0 Å². The van der Waals surface area contributed by atoms with Crippen LogP contribution >= 0.6 is 0 Å². The van der Waals surface area contributed by atoms with Gasteiger partial charge in [-0.05, 0) is 12.8 Å². The maximum absolute atomic E-state index is 11.2. The van der Waals surface area contributed by atoms with Crippen LogP contribution in [0.3, 0.4) is 0 Å². The van der Waals surface area contributed by atoms with E-state index in [1.165, 1.54) is 0 Å². The van der Waals surface area contributed by atoms with Gasteiger partial charge in [0.2, 0.25) is 5.91 Å². The van der Waals surface area contributed by atoms with Gasteiger partial charge in [0, 0.05) is 39.6 Å². The van der Waals surface area contributed by atoms with E-state index in [9.17, 15) is 9.59 Å². The van der Waals surface area contributed by atoms with E-state index >= 15 is 0 Å². The van der Waals surface area contributed by atoms with Gasteiger partial charge in [-0.1, -0.05) is 0 Å². The first kappa shape index (κ1) is 13.3. The third-order valence-corrected chi connectivity index (χ3v) is 3.66. The number of hydrogen-bond acceptors (Lipinski definition) is 4. The number of hydrogen-bond donors (Lipinski definition) is 1. The highest BCUT2D eigenvalue weighted by Crippen LogP contribution is 2.21. The summed E-state index contributed by atoms with van der Waals surface area (Å²) in [7, 11) is 0. The highest BCUT2D eigenvalue weighted by Gasteiger charge is 2.32. The summed E-state index contributed by atoms with van der Waals surface area (Å²) in [4.78, 5) is 26.0. The SMILES string of the molecule is CC(=O)N1CCN(CC2CCC(C(=O)O)O2)CC1. The minimum atomic E-state index is -0.862. The van der Waals surface area contributed by atoms with E-state index in [1.54, 1.807) is 6.92 Å². The number of nitrogens with zero attached hydrogens (tertiary/aromatic N) is 2. The molecule has 1 N–H and O–H groups in total. The molecule has 0 aliphatic carbocycles. The van der Waals surface area contributed by atoms with Crippen LogP contribution in [-0.2, 0) is 14.3 Å². The van der Waals surface area contributed by atoms with Crippen LogP contribution in [0.2, 0.25) is 0 Å². The summed E-state index contributed by atoms with van der Waals surface area (Å²) in [5, 5.41) is 8.85. The zero-order chi connectivity index (χ0) is 13.1. The number of rotatable bonds is 3. The molecule has 1 amide bonds. The van der Waals surface area contributed by atoms with Crippen molar-refractivity contribution in [3.05, 3.63) is 0 Å². The minimum absolute atomic E-state index is 0.0231. The molecule has 2 atom stereocenters. The van der Waals surface area contributed by atoms with Gasteiger partial charge in [0.25, 0.3) is 0 Å². The van der Waals surface area contributed by atoms with Crippen molar-refractivity contribution < 1.29 is 19.4 Å². The smallest absolute Gasteiger partial charge is 0.332 e. The molecule has 0 aromatic heterocycles. The van der Waals surface area contributed by atoms with Gasteiger partial charge in [0.15, 0.2) is 6.10 Å². The van der Waals surface area contributed by atoms with E-state index in [0.29, 0.717) is 6.42 Å². The number of amides is 1. The van der Waals surface area contributed by atoms with Crippen molar-refractivity contribution in [3.63, 3.8) is 0 Å². The lowest BCUT2D eigenvalue weighted by Gasteiger charge is -2.35. The molecule has 2 saturated heterocycles. The Morgan fingerprint density at radius 3 is 2.39 bits per heavy atom. The van der Waals surface area contributed by atoms with Crippen molar-refractivity contribution in [3.8, 4) is 0 Å². The summed E-state index contributed by atoms with van der Waals surface area (Å²) >= 11 is 0. The number of aliphatic carboxylic acids is 1. The molecule has 102 valence electrons. The van der Waals surface area contributed by atoms with Crippen molar-refractivity contribution >= 4 is 11.9 Å². The topological polar surface area (TPSA) is 70.1 Å². The third-order valence-electron chi connectivity index (χ3n) is 3.66. The Balaban J connectivity index is 1.72. The summed E-state index contributed by atoms with van der Waals surface area (Å²) in [6, 6.07) is 0. The van der Waals surface area contributed by atoms with E-state index in [0.717, 1.165) is 39.1 Å². The summed E-state index contributed by atoms with van der Waals surface area (Å²) in [6.45, 7) is 5.56.